The van der Waals surface area contributed by atoms with Gasteiger partial charge >= 0.3 is 0 Å². The molecule has 2 aliphatic rings. The minimum absolute atomic E-state index is 0.00313. The molecule has 0 aromatic carbocycles. The minimum Gasteiger partial charge on any atom is -0.352 e. The molecule has 0 aromatic rings. The summed E-state index contributed by atoms with van der Waals surface area (Å²) in [6.07, 6.45) is 23.7. The van der Waals surface area contributed by atoms with Crippen LogP contribution in [0, 0.1) is 5.92 Å². The van der Waals surface area contributed by atoms with Crippen LogP contribution in [0.4, 0.5) is 0 Å². The van der Waals surface area contributed by atoms with E-state index in [0.717, 1.165) is 31.8 Å². The van der Waals surface area contributed by atoms with E-state index in [4.69, 9.17) is 0 Å². The van der Waals surface area contributed by atoms with Crippen LogP contribution in [0.15, 0.2) is 64.9 Å². The molecule has 0 saturated carbocycles. The Morgan fingerprint density at radius 2 is 2.07 bits per heavy atom. The molecule has 30 heavy (non-hydrogen) atoms. The topological polar surface area (TPSA) is 44.7 Å². The summed E-state index contributed by atoms with van der Waals surface area (Å²) in [5.41, 5.74) is 2.02. The predicted octanol–water partition coefficient (Wildman–Crippen LogP) is 5.61. The summed E-state index contributed by atoms with van der Waals surface area (Å²) in [6.45, 7) is 12.4. The van der Waals surface area contributed by atoms with Crippen molar-refractivity contribution in [2.45, 2.75) is 59.8 Å². The third kappa shape index (κ3) is 12.4. The van der Waals surface area contributed by atoms with Crippen LogP contribution in [0.25, 0.3) is 0 Å². The highest BCUT2D eigenvalue weighted by molar-refractivity contribution is 5.96. The van der Waals surface area contributed by atoms with E-state index >= 15 is 0 Å². The first-order valence-corrected chi connectivity index (χ1v) is 11.4. The molecule has 1 saturated heterocycles. The van der Waals surface area contributed by atoms with Gasteiger partial charge in [-0.05, 0) is 78.1 Å². The molecule has 1 heterocycles. The number of nitrogens with one attached hydrogen (secondary N) is 1. The number of likely N-dealkylation sites (tertiary alicyclic amines) is 1. The molecule has 0 spiro atoms. The molecule has 0 bridgehead atoms. The van der Waals surface area contributed by atoms with E-state index in [1.54, 1.807) is 18.5 Å². The van der Waals surface area contributed by atoms with Crippen molar-refractivity contribution in [2.24, 2.45) is 10.9 Å². The largest absolute Gasteiger partial charge is 0.352 e. The van der Waals surface area contributed by atoms with Gasteiger partial charge in [-0.3, -0.25) is 9.79 Å². The standard InChI is InChI=1S/C18H31N3O.C8H10/c1-4-10-19-12-7-16(3)18(22)20-11-6-13-21-14-8-17(5-2)9-15-21;1-8-6-4-2-3-5-7-8/h4,7,10,12,17H,5-6,8-9,11,13-15H2,1-3H3,(H,20,22);2,4-7H,3H2,1H3/b10-4-,16-7+,19-12+;. The minimum atomic E-state index is -0.00313. The Kier molecular flexibility index (Phi) is 14.3. The van der Waals surface area contributed by atoms with E-state index in [9.17, 15) is 4.79 Å². The van der Waals surface area contributed by atoms with Gasteiger partial charge in [0, 0.05) is 24.5 Å². The second-order valence-corrected chi connectivity index (χ2v) is 7.91. The fraction of sp³-hybridized carbons (Fsp3) is 0.538. The molecule has 0 atom stereocenters. The Morgan fingerprint density at radius 3 is 2.77 bits per heavy atom. The lowest BCUT2D eigenvalue weighted by molar-refractivity contribution is -0.117. The Labute approximate surface area is 184 Å². The van der Waals surface area contributed by atoms with Gasteiger partial charge < -0.3 is 10.2 Å². The van der Waals surface area contributed by atoms with Crippen molar-refractivity contribution in [3.63, 3.8) is 0 Å². The highest BCUT2D eigenvalue weighted by Crippen LogP contribution is 2.19. The van der Waals surface area contributed by atoms with E-state index in [0.29, 0.717) is 5.57 Å². The van der Waals surface area contributed by atoms with Gasteiger partial charge in [-0.2, -0.15) is 0 Å². The van der Waals surface area contributed by atoms with Crippen LogP contribution in [-0.2, 0) is 4.79 Å². The van der Waals surface area contributed by atoms with Crippen molar-refractivity contribution in [1.82, 2.24) is 10.2 Å². The monoisotopic (exact) mass is 411 g/mol. The summed E-state index contributed by atoms with van der Waals surface area (Å²) in [4.78, 5) is 18.4. The molecule has 1 N–H and O–H groups in total. The van der Waals surface area contributed by atoms with Gasteiger partial charge in [-0.15, -0.1) is 0 Å². The number of aliphatic imine (C=N–C) groups is 1. The summed E-state index contributed by atoms with van der Waals surface area (Å²) in [5, 5.41) is 2.97. The van der Waals surface area contributed by atoms with Crippen molar-refractivity contribution in [3.05, 3.63) is 59.9 Å². The normalized spacial score (nSPS) is 18.3. The van der Waals surface area contributed by atoms with E-state index in [1.165, 1.54) is 37.9 Å². The molecular weight excluding hydrogens is 370 g/mol. The first kappa shape index (κ1) is 25.8. The van der Waals surface area contributed by atoms with Crippen LogP contribution in [0.5, 0.6) is 0 Å². The lowest BCUT2D eigenvalue weighted by Gasteiger charge is -2.31. The van der Waals surface area contributed by atoms with E-state index in [-0.39, 0.29) is 5.91 Å². The van der Waals surface area contributed by atoms with E-state index in [1.807, 2.05) is 19.9 Å². The molecule has 4 heteroatoms. The number of rotatable bonds is 8. The van der Waals surface area contributed by atoms with Crippen LogP contribution < -0.4 is 5.32 Å². The van der Waals surface area contributed by atoms with Crippen LogP contribution >= 0.6 is 0 Å². The lowest BCUT2D eigenvalue weighted by Crippen LogP contribution is -2.36. The average molecular weight is 412 g/mol. The first-order chi connectivity index (χ1) is 14.6. The number of nitrogens with zero attached hydrogens (tertiary/aromatic N) is 2. The Hall–Kier alpha value is -2.20. The summed E-state index contributed by atoms with van der Waals surface area (Å²) in [6, 6.07) is 0. The average Bonchev–Trinajstić information content (AvgIpc) is 3.02. The van der Waals surface area contributed by atoms with Crippen LogP contribution in [0.1, 0.15) is 59.8 Å². The Morgan fingerprint density at radius 1 is 1.30 bits per heavy atom. The lowest BCUT2D eigenvalue weighted by atomic mass is 9.94. The number of carbonyl (C=O) groups excluding carboxylic acids is 1. The number of carbonyl (C=O) groups is 1. The van der Waals surface area contributed by atoms with E-state index in [2.05, 4.69) is 59.4 Å². The van der Waals surface area contributed by atoms with Crippen molar-refractivity contribution in [1.29, 1.82) is 0 Å². The Bertz CT molecular complexity index is 660. The van der Waals surface area contributed by atoms with Gasteiger partial charge in [0.2, 0.25) is 5.91 Å². The maximum atomic E-state index is 11.9. The number of amides is 1. The number of allylic oxidation sites excluding steroid dienone is 8. The smallest absolute Gasteiger partial charge is 0.246 e. The third-order valence-electron chi connectivity index (χ3n) is 5.37. The van der Waals surface area contributed by atoms with Gasteiger partial charge in [0.1, 0.15) is 0 Å². The summed E-state index contributed by atoms with van der Waals surface area (Å²) in [7, 11) is 0. The van der Waals surface area contributed by atoms with Gasteiger partial charge in [-0.25, -0.2) is 0 Å². The highest BCUT2D eigenvalue weighted by Gasteiger charge is 2.16. The maximum Gasteiger partial charge on any atom is 0.246 e. The van der Waals surface area contributed by atoms with Crippen molar-refractivity contribution >= 4 is 12.1 Å². The molecule has 1 amide bonds. The molecule has 1 aliphatic heterocycles. The third-order valence-corrected chi connectivity index (χ3v) is 5.37. The molecule has 1 fully saturated rings. The van der Waals surface area contributed by atoms with Crippen LogP contribution in [0.3, 0.4) is 0 Å². The predicted molar refractivity (Wildman–Crippen MR) is 131 cm³/mol. The first-order valence-electron chi connectivity index (χ1n) is 11.4. The second kappa shape index (κ2) is 16.6. The highest BCUT2D eigenvalue weighted by atomic mass is 16.1. The second-order valence-electron chi connectivity index (χ2n) is 7.91. The molecule has 2 rings (SSSR count). The molecule has 0 aromatic heterocycles. The number of hydrogen-bond donors (Lipinski definition) is 1. The fourth-order valence-electron chi connectivity index (χ4n) is 3.32. The Balaban J connectivity index is 0.000000467. The molecule has 166 valence electrons. The van der Waals surface area contributed by atoms with E-state index < -0.39 is 0 Å². The van der Waals surface area contributed by atoms with Gasteiger partial charge in [0.05, 0.1) is 0 Å². The molecule has 1 aliphatic carbocycles. The molecule has 0 radical (unpaired) electrons. The molecule has 0 unspecified atom stereocenters. The number of hydrogen-bond acceptors (Lipinski definition) is 3. The van der Waals surface area contributed by atoms with Crippen molar-refractivity contribution in [3.8, 4) is 0 Å². The van der Waals surface area contributed by atoms with Gasteiger partial charge in [0.15, 0.2) is 0 Å². The zero-order valence-electron chi connectivity index (χ0n) is 19.4. The SMILES string of the molecule is CC1=CC=CCC=C1.C\C=C/N=C/C=C(\C)C(=O)NCCCN1CCC(CC)CC1. The van der Waals surface area contributed by atoms with Crippen molar-refractivity contribution in [2.75, 3.05) is 26.2 Å². The van der Waals surface area contributed by atoms with Crippen molar-refractivity contribution < 1.29 is 4.79 Å². The van der Waals surface area contributed by atoms with Gasteiger partial charge in [-0.1, -0.05) is 55.4 Å². The molecular formula is C26H41N3O. The fourth-order valence-corrected chi connectivity index (χ4v) is 3.32. The zero-order valence-corrected chi connectivity index (χ0v) is 19.4. The summed E-state index contributed by atoms with van der Waals surface area (Å²) >= 11 is 0. The quantitative estimate of drug-likeness (QED) is 0.320. The van der Waals surface area contributed by atoms with Gasteiger partial charge in [0.25, 0.3) is 0 Å². The summed E-state index contributed by atoms with van der Waals surface area (Å²) in [5.74, 6) is 0.921. The summed E-state index contributed by atoms with van der Waals surface area (Å²) < 4.78 is 0. The van der Waals surface area contributed by atoms with Crippen LogP contribution in [-0.4, -0.2) is 43.2 Å². The maximum absolute atomic E-state index is 11.9. The zero-order chi connectivity index (χ0) is 22.0. The number of piperidine rings is 1. The molecule has 4 nitrogen and oxygen atoms in total. The van der Waals surface area contributed by atoms with Crippen LogP contribution in [0.2, 0.25) is 0 Å².